The first kappa shape index (κ1) is 12.5. The molecule has 1 saturated heterocycles. The van der Waals surface area contributed by atoms with E-state index in [0.717, 1.165) is 31.9 Å². The van der Waals surface area contributed by atoms with Crippen LogP contribution in [-0.2, 0) is 11.4 Å². The maximum Gasteiger partial charge on any atom is 0.204 e. The highest BCUT2D eigenvalue weighted by Crippen LogP contribution is 2.16. The monoisotopic (exact) mass is 279 g/mol. The molecular weight excluding hydrogens is 266 g/mol. The van der Waals surface area contributed by atoms with Crippen molar-refractivity contribution in [3.05, 3.63) is 29.3 Å². The number of rotatable bonds is 3. The number of hydrogen-bond acceptors (Lipinski definition) is 5. The van der Waals surface area contributed by atoms with Crippen LogP contribution in [0.3, 0.4) is 0 Å². The van der Waals surface area contributed by atoms with Crippen LogP contribution in [0.4, 0.5) is 0 Å². The average Bonchev–Trinajstić information content (AvgIpc) is 2.89. The van der Waals surface area contributed by atoms with E-state index in [4.69, 9.17) is 16.3 Å². The lowest BCUT2D eigenvalue weighted by atomic mass is 10.2. The predicted octanol–water partition coefficient (Wildman–Crippen LogP) is 1.28. The number of nitrogens with zero attached hydrogens (tertiary/aromatic N) is 5. The zero-order valence-electron chi connectivity index (χ0n) is 10.4. The average molecular weight is 280 g/mol. The van der Waals surface area contributed by atoms with Gasteiger partial charge in [-0.1, -0.05) is 11.6 Å². The Morgan fingerprint density at radius 1 is 1.16 bits per heavy atom. The Kier molecular flexibility index (Phi) is 3.72. The minimum atomic E-state index is 0.616. The Hall–Kier alpha value is -1.50. The van der Waals surface area contributed by atoms with Gasteiger partial charge in [-0.25, -0.2) is 0 Å². The number of tetrazole rings is 1. The van der Waals surface area contributed by atoms with Crippen molar-refractivity contribution in [2.24, 2.45) is 0 Å². The third-order valence-corrected chi connectivity index (χ3v) is 3.24. The van der Waals surface area contributed by atoms with Gasteiger partial charge in [-0.15, -0.1) is 15.0 Å². The maximum absolute atomic E-state index is 5.85. The molecule has 0 radical (unpaired) electrons. The lowest BCUT2D eigenvalue weighted by Crippen LogP contribution is -2.38. The summed E-state index contributed by atoms with van der Waals surface area (Å²) >= 11 is 5.85. The van der Waals surface area contributed by atoms with Crippen LogP contribution in [-0.4, -0.2) is 51.4 Å². The molecule has 0 bridgehead atoms. The van der Waals surface area contributed by atoms with Crippen molar-refractivity contribution in [1.82, 2.24) is 25.1 Å². The van der Waals surface area contributed by atoms with E-state index in [1.54, 1.807) is 4.80 Å². The Bertz CT molecular complexity index is 535. The molecule has 0 spiro atoms. The minimum Gasteiger partial charge on any atom is -0.379 e. The van der Waals surface area contributed by atoms with Gasteiger partial charge in [0.2, 0.25) is 5.82 Å². The van der Waals surface area contributed by atoms with Crippen molar-refractivity contribution in [2.45, 2.75) is 6.67 Å². The fourth-order valence-electron chi connectivity index (χ4n) is 1.94. The molecule has 0 amide bonds. The molecule has 0 saturated carbocycles. The Balaban J connectivity index is 1.70. The molecule has 0 aliphatic carbocycles. The molecular formula is C12H14ClN5O. The Morgan fingerprint density at radius 2 is 1.89 bits per heavy atom. The molecule has 7 heteroatoms. The zero-order chi connectivity index (χ0) is 13.1. The topological polar surface area (TPSA) is 56.1 Å². The third kappa shape index (κ3) is 3.09. The van der Waals surface area contributed by atoms with E-state index in [0.29, 0.717) is 17.5 Å². The summed E-state index contributed by atoms with van der Waals surface area (Å²) in [4.78, 5) is 3.84. The van der Waals surface area contributed by atoms with Gasteiger partial charge in [0.25, 0.3) is 0 Å². The minimum absolute atomic E-state index is 0.616. The van der Waals surface area contributed by atoms with Crippen LogP contribution in [0.25, 0.3) is 11.4 Å². The lowest BCUT2D eigenvalue weighted by Gasteiger charge is -2.25. The van der Waals surface area contributed by atoms with Gasteiger partial charge in [-0.05, 0) is 29.5 Å². The van der Waals surface area contributed by atoms with Crippen LogP contribution in [0.5, 0.6) is 0 Å². The Labute approximate surface area is 115 Å². The molecule has 19 heavy (non-hydrogen) atoms. The van der Waals surface area contributed by atoms with Gasteiger partial charge >= 0.3 is 0 Å². The SMILES string of the molecule is Clc1ccc(-c2nnn(CN3CCOCC3)n2)cc1. The fourth-order valence-corrected chi connectivity index (χ4v) is 2.07. The van der Waals surface area contributed by atoms with E-state index in [2.05, 4.69) is 20.3 Å². The van der Waals surface area contributed by atoms with Crippen molar-refractivity contribution in [3.63, 3.8) is 0 Å². The van der Waals surface area contributed by atoms with Crippen molar-refractivity contribution >= 4 is 11.6 Å². The normalized spacial score (nSPS) is 16.7. The second-order valence-corrected chi connectivity index (χ2v) is 4.80. The molecule has 0 unspecified atom stereocenters. The molecule has 2 heterocycles. The summed E-state index contributed by atoms with van der Waals surface area (Å²) in [5.41, 5.74) is 0.914. The largest absolute Gasteiger partial charge is 0.379 e. The maximum atomic E-state index is 5.85. The quantitative estimate of drug-likeness (QED) is 0.847. The molecule has 0 atom stereocenters. The van der Waals surface area contributed by atoms with Gasteiger partial charge in [-0.3, -0.25) is 4.90 Å². The summed E-state index contributed by atoms with van der Waals surface area (Å²) in [6.45, 7) is 3.97. The van der Waals surface area contributed by atoms with Crippen molar-refractivity contribution < 1.29 is 4.74 Å². The molecule has 3 rings (SSSR count). The van der Waals surface area contributed by atoms with Crippen LogP contribution in [0.15, 0.2) is 24.3 Å². The molecule has 100 valence electrons. The second kappa shape index (κ2) is 5.64. The molecule has 1 aliphatic heterocycles. The number of benzene rings is 1. The number of ether oxygens (including phenoxy) is 1. The van der Waals surface area contributed by atoms with Gasteiger partial charge in [0.05, 0.1) is 13.2 Å². The van der Waals surface area contributed by atoms with Crippen molar-refractivity contribution in [1.29, 1.82) is 0 Å². The number of morpholine rings is 1. The van der Waals surface area contributed by atoms with Gasteiger partial charge in [0, 0.05) is 23.7 Å². The van der Waals surface area contributed by atoms with Gasteiger partial charge in [-0.2, -0.15) is 0 Å². The molecule has 0 N–H and O–H groups in total. The first-order chi connectivity index (χ1) is 9.31. The third-order valence-electron chi connectivity index (χ3n) is 2.99. The van der Waals surface area contributed by atoms with E-state index in [1.165, 1.54) is 0 Å². The highest BCUT2D eigenvalue weighted by Gasteiger charge is 2.13. The van der Waals surface area contributed by atoms with Crippen molar-refractivity contribution in [3.8, 4) is 11.4 Å². The summed E-state index contributed by atoms with van der Waals surface area (Å²) < 4.78 is 5.30. The van der Waals surface area contributed by atoms with E-state index < -0.39 is 0 Å². The van der Waals surface area contributed by atoms with Crippen LogP contribution in [0.2, 0.25) is 5.02 Å². The van der Waals surface area contributed by atoms with Gasteiger partial charge in [0.1, 0.15) is 6.67 Å². The van der Waals surface area contributed by atoms with Crippen molar-refractivity contribution in [2.75, 3.05) is 26.3 Å². The van der Waals surface area contributed by atoms with E-state index in [-0.39, 0.29) is 0 Å². The summed E-state index contributed by atoms with van der Waals surface area (Å²) in [7, 11) is 0. The number of aromatic nitrogens is 4. The predicted molar refractivity (Wildman–Crippen MR) is 70.7 cm³/mol. The molecule has 1 fully saturated rings. The smallest absolute Gasteiger partial charge is 0.204 e. The number of halogens is 1. The standard InChI is InChI=1S/C12H14ClN5O/c13-11-3-1-10(2-4-11)12-14-16-18(15-12)9-17-5-7-19-8-6-17/h1-4H,5-9H2. The highest BCUT2D eigenvalue weighted by atomic mass is 35.5. The van der Waals surface area contributed by atoms with E-state index in [9.17, 15) is 0 Å². The summed E-state index contributed by atoms with van der Waals surface area (Å²) in [6, 6.07) is 7.41. The van der Waals surface area contributed by atoms with Crippen LogP contribution in [0, 0.1) is 0 Å². The molecule has 1 aromatic carbocycles. The van der Waals surface area contributed by atoms with E-state index in [1.807, 2.05) is 24.3 Å². The van der Waals surface area contributed by atoms with Gasteiger partial charge < -0.3 is 4.74 Å². The molecule has 1 aliphatic rings. The molecule has 1 aromatic heterocycles. The summed E-state index contributed by atoms with van der Waals surface area (Å²) in [6.07, 6.45) is 0. The highest BCUT2D eigenvalue weighted by molar-refractivity contribution is 6.30. The number of hydrogen-bond donors (Lipinski definition) is 0. The first-order valence-corrected chi connectivity index (χ1v) is 6.53. The second-order valence-electron chi connectivity index (χ2n) is 4.36. The summed E-state index contributed by atoms with van der Waals surface area (Å²) in [5.74, 6) is 0.616. The molecule has 6 nitrogen and oxygen atoms in total. The zero-order valence-corrected chi connectivity index (χ0v) is 11.1. The first-order valence-electron chi connectivity index (χ1n) is 6.15. The fraction of sp³-hybridized carbons (Fsp3) is 0.417. The van der Waals surface area contributed by atoms with Crippen LogP contribution >= 0.6 is 11.6 Å². The molecule has 2 aromatic rings. The van der Waals surface area contributed by atoms with E-state index >= 15 is 0 Å². The summed E-state index contributed by atoms with van der Waals surface area (Å²) in [5, 5.41) is 13.2. The lowest BCUT2D eigenvalue weighted by molar-refractivity contribution is 0.0184. The Morgan fingerprint density at radius 3 is 2.63 bits per heavy atom. The van der Waals surface area contributed by atoms with Gasteiger partial charge in [0.15, 0.2) is 0 Å². The van der Waals surface area contributed by atoms with Crippen LogP contribution < -0.4 is 0 Å². The van der Waals surface area contributed by atoms with Crippen LogP contribution in [0.1, 0.15) is 0 Å².